The molecule has 0 saturated heterocycles. The normalized spacial score (nSPS) is 21.7. The van der Waals surface area contributed by atoms with Crippen molar-refractivity contribution in [2.75, 3.05) is 25.1 Å². The van der Waals surface area contributed by atoms with Crippen molar-refractivity contribution in [3.63, 3.8) is 0 Å². The first-order valence-electron chi connectivity index (χ1n) is 5.19. The van der Waals surface area contributed by atoms with Gasteiger partial charge in [-0.2, -0.15) is 11.8 Å². The van der Waals surface area contributed by atoms with Gasteiger partial charge in [-0.1, -0.05) is 19.3 Å². The lowest BCUT2D eigenvalue weighted by Crippen LogP contribution is -2.42. The Hall–Kier alpha value is 0.270. The Bertz CT molecular complexity index is 135. The van der Waals surface area contributed by atoms with Gasteiger partial charge in [-0.05, 0) is 19.1 Å². The van der Waals surface area contributed by atoms with Crippen molar-refractivity contribution < 1.29 is 5.11 Å². The van der Waals surface area contributed by atoms with Crippen LogP contribution >= 0.6 is 11.8 Å². The van der Waals surface area contributed by atoms with Gasteiger partial charge in [0.1, 0.15) is 0 Å². The number of aliphatic hydroxyl groups is 1. The van der Waals surface area contributed by atoms with Gasteiger partial charge in [0.15, 0.2) is 0 Å². The van der Waals surface area contributed by atoms with Gasteiger partial charge in [-0.15, -0.1) is 0 Å². The molecule has 0 aromatic carbocycles. The fraction of sp³-hybridized carbons (Fsp3) is 1.00. The molecule has 1 saturated carbocycles. The van der Waals surface area contributed by atoms with Crippen molar-refractivity contribution in [1.82, 2.24) is 5.32 Å². The summed E-state index contributed by atoms with van der Waals surface area (Å²) < 4.78 is 0. The lowest BCUT2D eigenvalue weighted by atomic mass is 9.85. The molecule has 1 aliphatic rings. The van der Waals surface area contributed by atoms with E-state index in [1.54, 1.807) is 0 Å². The Morgan fingerprint density at radius 1 is 1.31 bits per heavy atom. The molecule has 0 aromatic heterocycles. The molecule has 0 heterocycles. The molecule has 0 amide bonds. The first-order valence-corrected chi connectivity index (χ1v) is 6.58. The molecule has 2 nitrogen and oxygen atoms in total. The van der Waals surface area contributed by atoms with Gasteiger partial charge in [-0.3, -0.25) is 0 Å². The zero-order chi connectivity index (χ0) is 9.57. The van der Waals surface area contributed by atoms with Crippen molar-refractivity contribution in [2.45, 2.75) is 37.7 Å². The molecule has 0 aromatic rings. The summed E-state index contributed by atoms with van der Waals surface area (Å²) in [5.74, 6) is 1.14. The molecule has 0 spiro atoms. The summed E-state index contributed by atoms with van der Waals surface area (Å²) in [5, 5.41) is 13.4. The van der Waals surface area contributed by atoms with Crippen molar-refractivity contribution in [3.05, 3.63) is 0 Å². The van der Waals surface area contributed by atoms with E-state index >= 15 is 0 Å². The van der Waals surface area contributed by atoms with E-state index in [1.807, 2.05) is 11.8 Å². The Morgan fingerprint density at radius 2 is 2.00 bits per heavy atom. The van der Waals surface area contributed by atoms with Crippen LogP contribution in [0.4, 0.5) is 0 Å². The first-order chi connectivity index (χ1) is 6.27. The fourth-order valence-corrected chi connectivity index (χ4v) is 2.23. The fourth-order valence-electron chi connectivity index (χ4n) is 1.88. The van der Waals surface area contributed by atoms with Gasteiger partial charge < -0.3 is 10.4 Å². The van der Waals surface area contributed by atoms with Crippen LogP contribution in [0, 0.1) is 0 Å². The molecule has 0 aliphatic heterocycles. The maximum absolute atomic E-state index is 10.1. The average molecular weight is 203 g/mol. The third-order valence-electron chi connectivity index (χ3n) is 2.72. The van der Waals surface area contributed by atoms with Crippen molar-refractivity contribution >= 4 is 11.8 Å². The molecule has 0 unspecified atom stereocenters. The van der Waals surface area contributed by atoms with E-state index in [2.05, 4.69) is 11.6 Å². The summed E-state index contributed by atoms with van der Waals surface area (Å²) >= 11 is 1.84. The summed E-state index contributed by atoms with van der Waals surface area (Å²) in [6.07, 6.45) is 7.77. The summed E-state index contributed by atoms with van der Waals surface area (Å²) in [7, 11) is 0. The van der Waals surface area contributed by atoms with Crippen LogP contribution in [0.15, 0.2) is 0 Å². The standard InChI is InChI=1S/C10H21NOS/c1-13-8-7-11-9-10(12)5-3-2-4-6-10/h11-12H,2-9H2,1H3. The van der Waals surface area contributed by atoms with Gasteiger partial charge in [-0.25, -0.2) is 0 Å². The molecule has 78 valence electrons. The molecule has 1 fully saturated rings. The highest BCUT2D eigenvalue weighted by atomic mass is 32.2. The summed E-state index contributed by atoms with van der Waals surface area (Å²) in [5.41, 5.74) is -0.392. The topological polar surface area (TPSA) is 32.3 Å². The molecule has 1 rings (SSSR count). The van der Waals surface area contributed by atoms with Gasteiger partial charge >= 0.3 is 0 Å². The molecular weight excluding hydrogens is 182 g/mol. The SMILES string of the molecule is CSCCNCC1(O)CCCCC1. The quantitative estimate of drug-likeness (QED) is 0.666. The Kier molecular flexibility index (Phi) is 5.14. The molecule has 1 aliphatic carbocycles. The largest absolute Gasteiger partial charge is 0.389 e. The van der Waals surface area contributed by atoms with Crippen LogP contribution in [0.1, 0.15) is 32.1 Å². The van der Waals surface area contributed by atoms with E-state index in [1.165, 1.54) is 19.3 Å². The summed E-state index contributed by atoms with van der Waals surface area (Å²) in [4.78, 5) is 0. The van der Waals surface area contributed by atoms with E-state index in [0.717, 1.165) is 31.7 Å². The second-order valence-electron chi connectivity index (χ2n) is 3.95. The van der Waals surface area contributed by atoms with E-state index < -0.39 is 5.60 Å². The Balaban J connectivity index is 2.10. The molecule has 0 bridgehead atoms. The number of hydrogen-bond acceptors (Lipinski definition) is 3. The Labute approximate surface area is 85.5 Å². The number of nitrogens with one attached hydrogen (secondary N) is 1. The lowest BCUT2D eigenvalue weighted by Gasteiger charge is -2.32. The predicted molar refractivity (Wildman–Crippen MR) is 59.3 cm³/mol. The first kappa shape index (κ1) is 11.3. The molecule has 13 heavy (non-hydrogen) atoms. The maximum atomic E-state index is 10.1. The van der Waals surface area contributed by atoms with Crippen molar-refractivity contribution in [2.24, 2.45) is 0 Å². The van der Waals surface area contributed by atoms with Crippen molar-refractivity contribution in [1.29, 1.82) is 0 Å². The molecule has 3 heteroatoms. The van der Waals surface area contributed by atoms with E-state index in [4.69, 9.17) is 0 Å². The summed E-state index contributed by atoms with van der Waals surface area (Å²) in [6, 6.07) is 0. The Morgan fingerprint density at radius 3 is 2.62 bits per heavy atom. The van der Waals surface area contributed by atoms with E-state index in [9.17, 15) is 5.11 Å². The average Bonchev–Trinajstić information content (AvgIpc) is 2.14. The third-order valence-corrected chi connectivity index (χ3v) is 3.33. The van der Waals surface area contributed by atoms with Gasteiger partial charge in [0.2, 0.25) is 0 Å². The van der Waals surface area contributed by atoms with Crippen LogP contribution in [0.3, 0.4) is 0 Å². The molecule has 0 radical (unpaired) electrons. The van der Waals surface area contributed by atoms with Crippen LogP contribution in [-0.2, 0) is 0 Å². The third kappa shape index (κ3) is 4.34. The van der Waals surface area contributed by atoms with Crippen LogP contribution in [-0.4, -0.2) is 35.8 Å². The lowest BCUT2D eigenvalue weighted by molar-refractivity contribution is 0.00546. The molecule has 0 atom stereocenters. The number of rotatable bonds is 5. The van der Waals surface area contributed by atoms with E-state index in [0.29, 0.717) is 0 Å². The van der Waals surface area contributed by atoms with Crippen LogP contribution in [0.5, 0.6) is 0 Å². The highest BCUT2D eigenvalue weighted by molar-refractivity contribution is 7.98. The minimum absolute atomic E-state index is 0.392. The zero-order valence-electron chi connectivity index (χ0n) is 8.51. The number of thioether (sulfide) groups is 1. The zero-order valence-corrected chi connectivity index (χ0v) is 9.33. The predicted octanol–water partition coefficient (Wildman–Crippen LogP) is 1.63. The second kappa shape index (κ2) is 5.89. The monoisotopic (exact) mass is 203 g/mol. The van der Waals surface area contributed by atoms with Gasteiger partial charge in [0.25, 0.3) is 0 Å². The minimum Gasteiger partial charge on any atom is -0.389 e. The van der Waals surface area contributed by atoms with Crippen molar-refractivity contribution in [3.8, 4) is 0 Å². The molecular formula is C10H21NOS. The second-order valence-corrected chi connectivity index (χ2v) is 4.94. The van der Waals surface area contributed by atoms with Crippen LogP contribution < -0.4 is 5.32 Å². The number of hydrogen-bond donors (Lipinski definition) is 2. The van der Waals surface area contributed by atoms with Gasteiger partial charge in [0, 0.05) is 18.8 Å². The molecule has 2 N–H and O–H groups in total. The highest BCUT2D eigenvalue weighted by Gasteiger charge is 2.28. The summed E-state index contributed by atoms with van der Waals surface area (Å²) in [6.45, 7) is 1.80. The highest BCUT2D eigenvalue weighted by Crippen LogP contribution is 2.27. The van der Waals surface area contributed by atoms with Crippen LogP contribution in [0.25, 0.3) is 0 Å². The van der Waals surface area contributed by atoms with Gasteiger partial charge in [0.05, 0.1) is 5.60 Å². The van der Waals surface area contributed by atoms with Crippen LogP contribution in [0.2, 0.25) is 0 Å². The maximum Gasteiger partial charge on any atom is 0.0771 e. The van der Waals surface area contributed by atoms with E-state index in [-0.39, 0.29) is 0 Å². The smallest absolute Gasteiger partial charge is 0.0771 e. The minimum atomic E-state index is -0.392.